The Morgan fingerprint density at radius 1 is 0.970 bits per heavy atom. The summed E-state index contributed by atoms with van der Waals surface area (Å²) in [5.41, 5.74) is 0.815. The molecule has 2 heterocycles. The number of amides is 2. The molecule has 33 heavy (non-hydrogen) atoms. The lowest BCUT2D eigenvalue weighted by Gasteiger charge is -2.35. The Morgan fingerprint density at radius 2 is 1.70 bits per heavy atom. The van der Waals surface area contributed by atoms with Crippen molar-refractivity contribution in [2.45, 2.75) is 26.7 Å². The maximum absolute atomic E-state index is 12.6. The molecular formula is C25H36Cl2N4O2. The molecule has 2 aliphatic heterocycles. The molecule has 2 aliphatic rings. The second kappa shape index (κ2) is 12.7. The second-order valence-electron chi connectivity index (χ2n) is 9.35. The highest BCUT2D eigenvalue weighted by Crippen LogP contribution is 2.23. The van der Waals surface area contributed by atoms with Gasteiger partial charge in [0.15, 0.2) is 0 Å². The molecule has 8 heteroatoms. The largest absolute Gasteiger partial charge is 0.341 e. The Balaban J connectivity index is 1.40. The van der Waals surface area contributed by atoms with Crippen LogP contribution < -0.4 is 0 Å². The zero-order chi connectivity index (χ0) is 23.8. The van der Waals surface area contributed by atoms with Crippen LogP contribution in [-0.4, -0.2) is 96.9 Å². The van der Waals surface area contributed by atoms with Gasteiger partial charge in [0.25, 0.3) is 0 Å². The van der Waals surface area contributed by atoms with Crippen molar-refractivity contribution in [1.82, 2.24) is 19.6 Å². The molecule has 2 saturated heterocycles. The summed E-state index contributed by atoms with van der Waals surface area (Å²) < 4.78 is 0. The summed E-state index contributed by atoms with van der Waals surface area (Å²) in [6, 6.07) is 5.25. The van der Waals surface area contributed by atoms with E-state index < -0.39 is 0 Å². The third kappa shape index (κ3) is 8.29. The number of nitrogens with zero attached hydrogens (tertiary/aromatic N) is 4. The van der Waals surface area contributed by atoms with E-state index in [0.29, 0.717) is 42.0 Å². The maximum atomic E-state index is 12.6. The molecule has 3 rings (SSSR count). The van der Waals surface area contributed by atoms with E-state index in [2.05, 4.69) is 23.6 Å². The minimum Gasteiger partial charge on any atom is -0.341 e. The summed E-state index contributed by atoms with van der Waals surface area (Å²) in [4.78, 5) is 33.9. The first-order valence-corrected chi connectivity index (χ1v) is 12.7. The first-order chi connectivity index (χ1) is 15.8. The van der Waals surface area contributed by atoms with Crippen molar-refractivity contribution < 1.29 is 9.59 Å². The fraction of sp³-hybridized carbons (Fsp3) is 0.600. The Kier molecular flexibility index (Phi) is 10.0. The second-order valence-corrected chi connectivity index (χ2v) is 10.2. The lowest BCUT2D eigenvalue weighted by Crippen LogP contribution is -2.48. The molecule has 0 unspecified atom stereocenters. The number of hydrogen-bond acceptors (Lipinski definition) is 4. The Bertz CT molecular complexity index is 838. The average molecular weight is 495 g/mol. The molecule has 0 aromatic heterocycles. The molecule has 2 amide bonds. The van der Waals surface area contributed by atoms with Crippen LogP contribution in [0.5, 0.6) is 0 Å². The summed E-state index contributed by atoms with van der Waals surface area (Å²) in [5.74, 6) is 0.763. The number of benzene rings is 1. The standard InChI is InChI=1S/C25H36Cl2N4O2/c1-20(2)19-29-14-12-28(13-15-29)9-3-10-30-16-17-31(11-8-25(30)33)24(32)7-5-21-4-6-22(26)23(27)18-21/h4-7,18,20H,3,8-17,19H2,1-2H3. The zero-order valence-electron chi connectivity index (χ0n) is 19.8. The zero-order valence-corrected chi connectivity index (χ0v) is 21.3. The van der Waals surface area contributed by atoms with E-state index >= 15 is 0 Å². The van der Waals surface area contributed by atoms with Gasteiger partial charge in [-0.2, -0.15) is 0 Å². The molecule has 1 aromatic carbocycles. The number of carbonyl (C=O) groups excluding carboxylic acids is 2. The molecule has 0 N–H and O–H groups in total. The monoisotopic (exact) mass is 494 g/mol. The van der Waals surface area contributed by atoms with Crippen LogP contribution >= 0.6 is 23.2 Å². The molecule has 2 fully saturated rings. The van der Waals surface area contributed by atoms with Gasteiger partial charge < -0.3 is 19.6 Å². The molecule has 0 radical (unpaired) electrons. The van der Waals surface area contributed by atoms with E-state index in [1.165, 1.54) is 6.54 Å². The van der Waals surface area contributed by atoms with Crippen molar-refractivity contribution in [3.63, 3.8) is 0 Å². The van der Waals surface area contributed by atoms with E-state index in [4.69, 9.17) is 23.2 Å². The van der Waals surface area contributed by atoms with Crippen LogP contribution in [0.1, 0.15) is 32.3 Å². The minimum absolute atomic E-state index is 0.0880. The number of carbonyl (C=O) groups is 2. The van der Waals surface area contributed by atoms with Crippen LogP contribution in [0, 0.1) is 5.92 Å². The molecule has 0 spiro atoms. The minimum atomic E-state index is -0.0880. The van der Waals surface area contributed by atoms with Gasteiger partial charge in [0, 0.05) is 71.4 Å². The van der Waals surface area contributed by atoms with Gasteiger partial charge in [0.1, 0.15) is 0 Å². The van der Waals surface area contributed by atoms with Crippen LogP contribution in [0.2, 0.25) is 10.0 Å². The first-order valence-electron chi connectivity index (χ1n) is 12.0. The highest BCUT2D eigenvalue weighted by atomic mass is 35.5. The van der Waals surface area contributed by atoms with Crippen LogP contribution in [0.15, 0.2) is 24.3 Å². The number of rotatable bonds is 8. The Labute approximate surface area is 208 Å². The highest BCUT2D eigenvalue weighted by molar-refractivity contribution is 6.42. The summed E-state index contributed by atoms with van der Waals surface area (Å²) in [7, 11) is 0. The molecule has 6 nitrogen and oxygen atoms in total. The molecule has 0 aliphatic carbocycles. The third-order valence-corrected chi connectivity index (χ3v) is 6.99. The van der Waals surface area contributed by atoms with Gasteiger partial charge in [-0.25, -0.2) is 0 Å². The summed E-state index contributed by atoms with van der Waals surface area (Å²) in [6.07, 6.45) is 4.62. The van der Waals surface area contributed by atoms with Gasteiger partial charge in [-0.15, -0.1) is 0 Å². The van der Waals surface area contributed by atoms with E-state index in [1.807, 2.05) is 11.0 Å². The van der Waals surface area contributed by atoms with Gasteiger partial charge in [-0.05, 0) is 42.7 Å². The van der Waals surface area contributed by atoms with Crippen molar-refractivity contribution in [2.75, 3.05) is 65.4 Å². The number of piperazine rings is 1. The fourth-order valence-corrected chi connectivity index (χ4v) is 4.72. The predicted molar refractivity (Wildman–Crippen MR) is 136 cm³/mol. The SMILES string of the molecule is CC(C)CN1CCN(CCCN2CCN(C(=O)C=Cc3ccc(Cl)c(Cl)c3)CCC2=O)CC1. The summed E-state index contributed by atoms with van der Waals surface area (Å²) in [5, 5.41) is 0.944. The Morgan fingerprint density at radius 3 is 2.39 bits per heavy atom. The first kappa shape index (κ1) is 26.0. The van der Waals surface area contributed by atoms with Gasteiger partial charge in [0.05, 0.1) is 10.0 Å². The van der Waals surface area contributed by atoms with Gasteiger partial charge in [-0.3, -0.25) is 9.59 Å². The van der Waals surface area contributed by atoms with Gasteiger partial charge in [0.2, 0.25) is 11.8 Å². The molecule has 0 atom stereocenters. The van der Waals surface area contributed by atoms with E-state index in [-0.39, 0.29) is 11.8 Å². The van der Waals surface area contributed by atoms with Crippen LogP contribution in [0.3, 0.4) is 0 Å². The van der Waals surface area contributed by atoms with Gasteiger partial charge in [-0.1, -0.05) is 43.1 Å². The maximum Gasteiger partial charge on any atom is 0.246 e. The number of hydrogen-bond donors (Lipinski definition) is 0. The normalized spacial score (nSPS) is 19.0. The van der Waals surface area contributed by atoms with Crippen molar-refractivity contribution in [2.24, 2.45) is 5.92 Å². The van der Waals surface area contributed by atoms with Crippen molar-refractivity contribution >= 4 is 41.1 Å². The molecule has 0 saturated carbocycles. The van der Waals surface area contributed by atoms with E-state index in [0.717, 1.165) is 51.3 Å². The lowest BCUT2D eigenvalue weighted by molar-refractivity contribution is -0.130. The smallest absolute Gasteiger partial charge is 0.246 e. The molecule has 182 valence electrons. The van der Waals surface area contributed by atoms with Gasteiger partial charge >= 0.3 is 0 Å². The summed E-state index contributed by atoms with van der Waals surface area (Å²) >= 11 is 12.0. The molecule has 0 bridgehead atoms. The third-order valence-electron chi connectivity index (χ3n) is 6.25. The lowest BCUT2D eigenvalue weighted by atomic mass is 10.2. The van der Waals surface area contributed by atoms with E-state index in [9.17, 15) is 9.59 Å². The number of halogens is 2. The van der Waals surface area contributed by atoms with Crippen LogP contribution in [-0.2, 0) is 9.59 Å². The van der Waals surface area contributed by atoms with Crippen molar-refractivity contribution in [3.05, 3.63) is 39.9 Å². The topological polar surface area (TPSA) is 47.1 Å². The predicted octanol–water partition coefficient (Wildman–Crippen LogP) is 3.73. The van der Waals surface area contributed by atoms with Crippen LogP contribution in [0.25, 0.3) is 6.08 Å². The fourth-order valence-electron chi connectivity index (χ4n) is 4.41. The Hall–Kier alpha value is -1.60. The van der Waals surface area contributed by atoms with Crippen molar-refractivity contribution in [3.8, 4) is 0 Å². The van der Waals surface area contributed by atoms with Crippen LogP contribution in [0.4, 0.5) is 0 Å². The highest BCUT2D eigenvalue weighted by Gasteiger charge is 2.23. The van der Waals surface area contributed by atoms with E-state index in [1.54, 1.807) is 29.2 Å². The van der Waals surface area contributed by atoms with Crippen molar-refractivity contribution in [1.29, 1.82) is 0 Å². The average Bonchev–Trinajstić information content (AvgIpc) is 2.97. The molecule has 1 aromatic rings. The molecular weight excluding hydrogens is 459 g/mol. The quantitative estimate of drug-likeness (QED) is 0.516. The summed E-state index contributed by atoms with van der Waals surface area (Å²) in [6.45, 7) is 13.6.